The molecule has 7 heteroatoms. The molecule has 1 aliphatic heterocycles. The Morgan fingerprint density at radius 1 is 1.19 bits per heavy atom. The van der Waals surface area contributed by atoms with Crippen molar-refractivity contribution in [3.63, 3.8) is 0 Å². The zero-order valence-corrected chi connectivity index (χ0v) is 15.0. The second-order valence-electron chi connectivity index (χ2n) is 7.43. The van der Waals surface area contributed by atoms with E-state index in [0.717, 1.165) is 55.2 Å². The number of hydrogen-bond donors (Lipinski definition) is 0. The fourth-order valence-corrected chi connectivity index (χ4v) is 4.04. The fraction of sp³-hybridized carbons (Fsp3) is 0.400. The van der Waals surface area contributed by atoms with Gasteiger partial charge < -0.3 is 4.52 Å². The lowest BCUT2D eigenvalue weighted by Gasteiger charge is -2.38. The molecule has 7 nitrogen and oxygen atoms in total. The van der Waals surface area contributed by atoms with Crippen LogP contribution in [0.4, 0.5) is 0 Å². The van der Waals surface area contributed by atoms with E-state index in [-0.39, 0.29) is 5.56 Å². The third-order valence-electron chi connectivity index (χ3n) is 5.44. The molecule has 1 fully saturated rings. The van der Waals surface area contributed by atoms with E-state index >= 15 is 0 Å². The van der Waals surface area contributed by atoms with Gasteiger partial charge in [-0.05, 0) is 31.0 Å². The van der Waals surface area contributed by atoms with Crippen LogP contribution in [0, 0.1) is 5.92 Å². The second-order valence-corrected chi connectivity index (χ2v) is 7.43. The Hall–Kier alpha value is -2.80. The van der Waals surface area contributed by atoms with Gasteiger partial charge >= 0.3 is 0 Å². The van der Waals surface area contributed by atoms with Gasteiger partial charge in [0.25, 0.3) is 5.56 Å². The Balaban J connectivity index is 1.23. The highest BCUT2D eigenvalue weighted by atomic mass is 16.5. The van der Waals surface area contributed by atoms with Gasteiger partial charge in [0.05, 0.1) is 12.2 Å². The van der Waals surface area contributed by atoms with E-state index in [2.05, 4.69) is 20.1 Å². The molecule has 0 spiro atoms. The molecule has 0 N–H and O–H groups in total. The summed E-state index contributed by atoms with van der Waals surface area (Å²) in [6.45, 7) is 3.38. The molecular weight excluding hydrogens is 342 g/mol. The number of aromatic nitrogens is 4. The van der Waals surface area contributed by atoms with Crippen molar-refractivity contribution in [1.82, 2.24) is 24.8 Å². The highest BCUT2D eigenvalue weighted by molar-refractivity contribution is 5.56. The average molecular weight is 363 g/mol. The molecule has 0 unspecified atom stereocenters. The van der Waals surface area contributed by atoms with Crippen LogP contribution in [0.1, 0.15) is 23.4 Å². The molecule has 0 radical (unpaired) electrons. The molecule has 2 aliphatic rings. The molecule has 27 heavy (non-hydrogen) atoms. The number of rotatable bonds is 5. The molecule has 0 atom stereocenters. The van der Waals surface area contributed by atoms with Crippen LogP contribution in [0.5, 0.6) is 0 Å². The van der Waals surface area contributed by atoms with Crippen molar-refractivity contribution in [3.8, 4) is 11.3 Å². The van der Waals surface area contributed by atoms with Crippen LogP contribution in [-0.4, -0.2) is 37.9 Å². The second kappa shape index (κ2) is 6.74. The third-order valence-corrected chi connectivity index (χ3v) is 5.44. The smallest absolute Gasteiger partial charge is 0.266 e. The summed E-state index contributed by atoms with van der Waals surface area (Å²) in [6, 6.07) is 7.17. The Morgan fingerprint density at radius 2 is 2.11 bits per heavy atom. The van der Waals surface area contributed by atoms with Gasteiger partial charge in [0.1, 0.15) is 11.5 Å². The van der Waals surface area contributed by atoms with Gasteiger partial charge in [0, 0.05) is 61.6 Å². The molecule has 5 rings (SSSR count). The van der Waals surface area contributed by atoms with E-state index in [1.54, 1.807) is 29.2 Å². The molecule has 0 bridgehead atoms. The Morgan fingerprint density at radius 3 is 2.96 bits per heavy atom. The monoisotopic (exact) mass is 363 g/mol. The van der Waals surface area contributed by atoms with Crippen molar-refractivity contribution < 1.29 is 4.52 Å². The topological polar surface area (TPSA) is 77.1 Å². The van der Waals surface area contributed by atoms with Crippen molar-refractivity contribution in [2.45, 2.75) is 32.4 Å². The number of nitrogens with zero attached hydrogens (tertiary/aromatic N) is 5. The van der Waals surface area contributed by atoms with E-state index in [0.29, 0.717) is 12.5 Å². The summed E-state index contributed by atoms with van der Waals surface area (Å²) in [5.41, 5.74) is 4.05. The van der Waals surface area contributed by atoms with E-state index in [1.165, 1.54) is 12.0 Å². The largest absolute Gasteiger partial charge is 0.361 e. The van der Waals surface area contributed by atoms with Crippen molar-refractivity contribution in [1.29, 1.82) is 0 Å². The van der Waals surface area contributed by atoms with Crippen molar-refractivity contribution in [2.24, 2.45) is 5.92 Å². The first-order valence-electron chi connectivity index (χ1n) is 9.43. The molecule has 0 amide bonds. The maximum atomic E-state index is 12.2. The SMILES string of the molecule is O=c1ccc(-c2cccnc2)nn1CC1CN(Cc2noc3c2CCC3)C1. The summed E-state index contributed by atoms with van der Waals surface area (Å²) in [4.78, 5) is 18.7. The third kappa shape index (κ3) is 3.19. The quantitative estimate of drug-likeness (QED) is 0.689. The van der Waals surface area contributed by atoms with Gasteiger partial charge in [0.15, 0.2) is 0 Å². The highest BCUT2D eigenvalue weighted by Crippen LogP contribution is 2.28. The zero-order chi connectivity index (χ0) is 18.2. The lowest BCUT2D eigenvalue weighted by Crippen LogP contribution is -2.49. The van der Waals surface area contributed by atoms with E-state index < -0.39 is 0 Å². The van der Waals surface area contributed by atoms with Crippen molar-refractivity contribution in [3.05, 3.63) is 64.0 Å². The van der Waals surface area contributed by atoms with Crippen LogP contribution < -0.4 is 5.56 Å². The minimum Gasteiger partial charge on any atom is -0.361 e. The van der Waals surface area contributed by atoms with Gasteiger partial charge in [-0.3, -0.25) is 14.7 Å². The fourth-order valence-electron chi connectivity index (χ4n) is 4.04. The molecule has 138 valence electrons. The van der Waals surface area contributed by atoms with Crippen LogP contribution in [-0.2, 0) is 25.9 Å². The predicted molar refractivity (Wildman–Crippen MR) is 99.0 cm³/mol. The minimum absolute atomic E-state index is 0.0598. The maximum absolute atomic E-state index is 12.2. The van der Waals surface area contributed by atoms with Gasteiger partial charge in [-0.25, -0.2) is 4.68 Å². The number of fused-ring (bicyclic) bond motifs is 1. The molecular formula is C20H21N5O2. The summed E-state index contributed by atoms with van der Waals surface area (Å²) in [7, 11) is 0. The first kappa shape index (κ1) is 16.4. The van der Waals surface area contributed by atoms with E-state index in [4.69, 9.17) is 4.52 Å². The lowest BCUT2D eigenvalue weighted by atomic mass is 9.99. The summed E-state index contributed by atoms with van der Waals surface area (Å²) in [5.74, 6) is 1.50. The summed E-state index contributed by atoms with van der Waals surface area (Å²) < 4.78 is 7.01. The normalized spacial score (nSPS) is 17.0. The maximum Gasteiger partial charge on any atom is 0.266 e. The molecule has 1 aliphatic carbocycles. The first-order chi connectivity index (χ1) is 13.3. The summed E-state index contributed by atoms with van der Waals surface area (Å²) in [6.07, 6.45) is 6.78. The van der Waals surface area contributed by atoms with Crippen LogP contribution in [0.15, 0.2) is 46.0 Å². The number of hydrogen-bond acceptors (Lipinski definition) is 6. The number of aryl methyl sites for hydroxylation is 1. The van der Waals surface area contributed by atoms with Crippen molar-refractivity contribution in [2.75, 3.05) is 13.1 Å². The summed E-state index contributed by atoms with van der Waals surface area (Å²) in [5, 5.41) is 8.77. The predicted octanol–water partition coefficient (Wildman–Crippen LogP) is 1.91. The first-order valence-corrected chi connectivity index (χ1v) is 9.43. The highest BCUT2D eigenvalue weighted by Gasteiger charge is 2.30. The standard InChI is InChI=1S/C20H21N5O2/c26-20-7-6-17(15-3-2-8-21-9-15)22-25(20)12-14-10-24(11-14)13-18-16-4-1-5-19(16)27-23-18/h2-3,6-9,14H,1,4-5,10-13H2. The van der Waals surface area contributed by atoms with Crippen LogP contribution >= 0.6 is 0 Å². The Labute approximate surface area is 156 Å². The van der Waals surface area contributed by atoms with Crippen LogP contribution in [0.3, 0.4) is 0 Å². The molecule has 0 saturated carbocycles. The Kier molecular flexibility index (Phi) is 4.09. The van der Waals surface area contributed by atoms with Crippen LogP contribution in [0.25, 0.3) is 11.3 Å². The van der Waals surface area contributed by atoms with Gasteiger partial charge in [0.2, 0.25) is 0 Å². The molecule has 4 heterocycles. The minimum atomic E-state index is -0.0598. The zero-order valence-electron chi connectivity index (χ0n) is 15.0. The molecule has 1 saturated heterocycles. The van der Waals surface area contributed by atoms with Crippen molar-refractivity contribution >= 4 is 0 Å². The van der Waals surface area contributed by atoms with Gasteiger partial charge in [-0.1, -0.05) is 5.16 Å². The average Bonchev–Trinajstić information content (AvgIpc) is 3.27. The van der Waals surface area contributed by atoms with E-state index in [9.17, 15) is 4.79 Å². The number of likely N-dealkylation sites (tertiary alicyclic amines) is 1. The molecule has 3 aromatic heterocycles. The van der Waals surface area contributed by atoms with Gasteiger partial charge in [-0.15, -0.1) is 0 Å². The van der Waals surface area contributed by atoms with E-state index in [1.807, 2.05) is 12.1 Å². The number of pyridine rings is 1. The summed E-state index contributed by atoms with van der Waals surface area (Å²) >= 11 is 0. The lowest BCUT2D eigenvalue weighted by molar-refractivity contribution is 0.0741. The Bertz CT molecular complexity index is 1000. The molecule has 3 aromatic rings. The molecule has 0 aromatic carbocycles. The van der Waals surface area contributed by atoms with Crippen LogP contribution in [0.2, 0.25) is 0 Å². The van der Waals surface area contributed by atoms with Gasteiger partial charge in [-0.2, -0.15) is 5.10 Å².